The molecule has 0 N–H and O–H groups in total. The van der Waals surface area contributed by atoms with Gasteiger partial charge < -0.3 is 19.1 Å². The quantitative estimate of drug-likeness (QED) is 0.507. The lowest BCUT2D eigenvalue weighted by atomic mass is 10.1. The van der Waals surface area contributed by atoms with Gasteiger partial charge in [0, 0.05) is 57.2 Å². The van der Waals surface area contributed by atoms with Crippen LogP contribution in [-0.2, 0) is 20.9 Å². The lowest BCUT2D eigenvalue weighted by Gasteiger charge is -2.36. The molecular formula is C23H33N5O3. The summed E-state index contributed by atoms with van der Waals surface area (Å²) in [4.78, 5) is 31.1. The summed E-state index contributed by atoms with van der Waals surface area (Å²) >= 11 is 0. The first-order valence-corrected chi connectivity index (χ1v) is 11.1. The zero-order chi connectivity index (χ0) is 22.4. The Morgan fingerprint density at radius 1 is 1.10 bits per heavy atom. The number of ether oxygens (including phenoxy) is 1. The first-order valence-electron chi connectivity index (χ1n) is 11.1. The van der Waals surface area contributed by atoms with Crippen molar-refractivity contribution >= 4 is 17.9 Å². The molecule has 2 aliphatic rings. The summed E-state index contributed by atoms with van der Waals surface area (Å²) in [7, 11) is 0. The van der Waals surface area contributed by atoms with Crippen molar-refractivity contribution in [1.82, 2.24) is 19.3 Å². The van der Waals surface area contributed by atoms with Gasteiger partial charge in [-0.05, 0) is 38.0 Å². The van der Waals surface area contributed by atoms with Crippen molar-refractivity contribution in [3.63, 3.8) is 0 Å². The van der Waals surface area contributed by atoms with E-state index in [4.69, 9.17) is 4.74 Å². The number of morpholine rings is 1. The SMILES string of the molecule is CCCn1c(C)cc(/C=C(\C#N)C(=O)N2CCN(C(=O)CN3CCOCC3)CC2)c1C. The Morgan fingerprint density at radius 2 is 1.74 bits per heavy atom. The van der Waals surface area contributed by atoms with Crippen molar-refractivity contribution in [2.45, 2.75) is 33.7 Å². The number of piperazine rings is 1. The third-order valence-corrected chi connectivity index (χ3v) is 6.09. The third kappa shape index (κ3) is 5.54. The minimum Gasteiger partial charge on any atom is -0.379 e. The molecule has 3 heterocycles. The standard InChI is InChI=1S/C23H33N5O3/c1-4-5-28-18(2)14-20(19(28)3)15-21(16-24)23(30)27-8-6-26(7-9-27)22(29)17-25-10-12-31-13-11-25/h14-15H,4-13,17H2,1-3H3/b21-15+. The highest BCUT2D eigenvalue weighted by Crippen LogP contribution is 2.20. The molecule has 168 valence electrons. The van der Waals surface area contributed by atoms with Crippen LogP contribution in [0.4, 0.5) is 0 Å². The summed E-state index contributed by atoms with van der Waals surface area (Å²) in [5, 5.41) is 9.63. The number of carbonyl (C=O) groups excluding carboxylic acids is 2. The summed E-state index contributed by atoms with van der Waals surface area (Å²) in [6, 6.07) is 4.11. The minimum absolute atomic E-state index is 0.0911. The summed E-state index contributed by atoms with van der Waals surface area (Å²) in [5.74, 6) is -0.170. The molecule has 0 radical (unpaired) electrons. The fraction of sp³-hybridized carbons (Fsp3) is 0.609. The van der Waals surface area contributed by atoms with Gasteiger partial charge in [0.25, 0.3) is 5.91 Å². The highest BCUT2D eigenvalue weighted by atomic mass is 16.5. The second kappa shape index (κ2) is 10.6. The number of nitrogens with zero attached hydrogens (tertiary/aromatic N) is 5. The van der Waals surface area contributed by atoms with Crippen LogP contribution in [0.25, 0.3) is 6.08 Å². The molecule has 1 aromatic rings. The van der Waals surface area contributed by atoms with E-state index in [2.05, 4.69) is 22.5 Å². The van der Waals surface area contributed by atoms with Gasteiger partial charge in [0.2, 0.25) is 5.91 Å². The van der Waals surface area contributed by atoms with Crippen molar-refractivity contribution in [2.24, 2.45) is 0 Å². The predicted octanol–water partition coefficient (Wildman–Crippen LogP) is 1.42. The Hall–Kier alpha value is -2.63. The number of aryl methyl sites for hydroxylation is 1. The average Bonchev–Trinajstić information content (AvgIpc) is 3.05. The topological polar surface area (TPSA) is 81.8 Å². The monoisotopic (exact) mass is 427 g/mol. The Labute approximate surface area is 184 Å². The van der Waals surface area contributed by atoms with Gasteiger partial charge in [0.05, 0.1) is 19.8 Å². The molecule has 3 rings (SSSR count). The molecule has 2 saturated heterocycles. The molecule has 0 aliphatic carbocycles. The molecule has 2 amide bonds. The predicted molar refractivity (Wildman–Crippen MR) is 118 cm³/mol. The van der Waals surface area contributed by atoms with Gasteiger partial charge in [-0.25, -0.2) is 0 Å². The number of hydrogen-bond acceptors (Lipinski definition) is 5. The fourth-order valence-corrected chi connectivity index (χ4v) is 4.22. The third-order valence-electron chi connectivity index (χ3n) is 6.09. The summed E-state index contributed by atoms with van der Waals surface area (Å²) in [6.45, 7) is 12.3. The van der Waals surface area contributed by atoms with Gasteiger partial charge in [-0.1, -0.05) is 6.92 Å². The Bertz CT molecular complexity index is 869. The largest absolute Gasteiger partial charge is 0.379 e. The van der Waals surface area contributed by atoms with Gasteiger partial charge in [-0.15, -0.1) is 0 Å². The lowest BCUT2D eigenvalue weighted by molar-refractivity contribution is -0.139. The van der Waals surface area contributed by atoms with E-state index in [9.17, 15) is 14.9 Å². The van der Waals surface area contributed by atoms with Gasteiger partial charge in [0.1, 0.15) is 11.6 Å². The molecule has 31 heavy (non-hydrogen) atoms. The summed E-state index contributed by atoms with van der Waals surface area (Å²) < 4.78 is 7.54. The van der Waals surface area contributed by atoms with Crippen molar-refractivity contribution in [1.29, 1.82) is 5.26 Å². The van der Waals surface area contributed by atoms with Crippen molar-refractivity contribution in [2.75, 3.05) is 59.0 Å². The zero-order valence-corrected chi connectivity index (χ0v) is 18.9. The van der Waals surface area contributed by atoms with Crippen molar-refractivity contribution in [3.05, 3.63) is 28.6 Å². The number of carbonyl (C=O) groups is 2. The number of amides is 2. The van der Waals surface area contributed by atoms with Crippen molar-refractivity contribution in [3.8, 4) is 6.07 Å². The van der Waals surface area contributed by atoms with Crippen LogP contribution in [0.3, 0.4) is 0 Å². The van der Waals surface area contributed by atoms with E-state index in [-0.39, 0.29) is 17.4 Å². The maximum absolute atomic E-state index is 13.0. The van der Waals surface area contributed by atoms with E-state index < -0.39 is 0 Å². The molecule has 8 heteroatoms. The lowest BCUT2D eigenvalue weighted by Crippen LogP contribution is -2.53. The Kier molecular flexibility index (Phi) is 7.88. The van der Waals surface area contributed by atoms with Crippen LogP contribution >= 0.6 is 0 Å². The van der Waals surface area contributed by atoms with Gasteiger partial charge in [0.15, 0.2) is 0 Å². The van der Waals surface area contributed by atoms with Crippen LogP contribution in [0.2, 0.25) is 0 Å². The normalized spacial score (nSPS) is 18.2. The van der Waals surface area contributed by atoms with Crippen LogP contribution < -0.4 is 0 Å². The van der Waals surface area contributed by atoms with E-state index in [0.29, 0.717) is 45.9 Å². The Balaban J connectivity index is 1.60. The van der Waals surface area contributed by atoms with Crippen LogP contribution in [0, 0.1) is 25.2 Å². The fourth-order valence-electron chi connectivity index (χ4n) is 4.22. The molecule has 0 saturated carbocycles. The Morgan fingerprint density at radius 3 is 2.35 bits per heavy atom. The molecule has 1 aromatic heterocycles. The first-order chi connectivity index (χ1) is 14.9. The van der Waals surface area contributed by atoms with Crippen LogP contribution in [-0.4, -0.2) is 90.1 Å². The second-order valence-electron chi connectivity index (χ2n) is 8.21. The minimum atomic E-state index is -0.261. The smallest absolute Gasteiger partial charge is 0.264 e. The summed E-state index contributed by atoms with van der Waals surface area (Å²) in [6.07, 6.45) is 2.73. The highest BCUT2D eigenvalue weighted by molar-refractivity contribution is 6.02. The van der Waals surface area contributed by atoms with Gasteiger partial charge in [-0.3, -0.25) is 14.5 Å². The summed E-state index contributed by atoms with van der Waals surface area (Å²) in [5.41, 5.74) is 3.25. The second-order valence-corrected chi connectivity index (χ2v) is 8.21. The molecule has 2 aliphatic heterocycles. The molecule has 8 nitrogen and oxygen atoms in total. The molecule has 2 fully saturated rings. The molecule has 0 bridgehead atoms. The van der Waals surface area contributed by atoms with E-state index in [0.717, 1.165) is 43.0 Å². The maximum atomic E-state index is 13.0. The number of aromatic nitrogens is 1. The number of hydrogen-bond donors (Lipinski definition) is 0. The molecule has 0 atom stereocenters. The van der Waals surface area contributed by atoms with Crippen molar-refractivity contribution < 1.29 is 14.3 Å². The number of nitriles is 1. The van der Waals surface area contributed by atoms with Crippen LogP contribution in [0.15, 0.2) is 11.6 Å². The molecule has 0 unspecified atom stereocenters. The van der Waals surface area contributed by atoms with Gasteiger partial charge in [-0.2, -0.15) is 5.26 Å². The van der Waals surface area contributed by atoms with E-state index in [1.807, 2.05) is 24.8 Å². The van der Waals surface area contributed by atoms with E-state index in [1.165, 1.54) is 0 Å². The van der Waals surface area contributed by atoms with Gasteiger partial charge >= 0.3 is 0 Å². The maximum Gasteiger partial charge on any atom is 0.264 e. The van der Waals surface area contributed by atoms with E-state index >= 15 is 0 Å². The van der Waals surface area contributed by atoms with Crippen LogP contribution in [0.5, 0.6) is 0 Å². The van der Waals surface area contributed by atoms with E-state index in [1.54, 1.807) is 11.0 Å². The average molecular weight is 428 g/mol. The zero-order valence-electron chi connectivity index (χ0n) is 18.9. The molecular weight excluding hydrogens is 394 g/mol. The molecule has 0 spiro atoms. The first kappa shape index (κ1) is 23.0. The highest BCUT2D eigenvalue weighted by Gasteiger charge is 2.27. The molecule has 0 aromatic carbocycles. The number of rotatable bonds is 6. The van der Waals surface area contributed by atoms with Crippen LogP contribution in [0.1, 0.15) is 30.3 Å².